The molecule has 1 aromatic heterocycles. The van der Waals surface area contributed by atoms with Gasteiger partial charge in [-0.15, -0.1) is 11.3 Å². The highest BCUT2D eigenvalue weighted by Gasteiger charge is 2.08. The molecule has 3 nitrogen and oxygen atoms in total. The first kappa shape index (κ1) is 14.6. The molecule has 1 heterocycles. The number of hydrogen-bond acceptors (Lipinski definition) is 4. The number of ether oxygens (including phenoxy) is 2. The van der Waals surface area contributed by atoms with Gasteiger partial charge in [0.25, 0.3) is 0 Å². The van der Waals surface area contributed by atoms with E-state index < -0.39 is 0 Å². The molecular weight excluding hydrogens is 294 g/mol. The second kappa shape index (κ2) is 6.62. The molecule has 2 aromatic carbocycles. The molecule has 4 heteroatoms. The van der Waals surface area contributed by atoms with Crippen LogP contribution in [-0.2, 0) is 0 Å². The Morgan fingerprint density at radius 1 is 1.09 bits per heavy atom. The first-order valence-corrected chi connectivity index (χ1v) is 7.97. The Kier molecular flexibility index (Phi) is 4.39. The van der Waals surface area contributed by atoms with Gasteiger partial charge in [-0.3, -0.25) is 0 Å². The first-order valence-electron chi connectivity index (χ1n) is 7.15. The van der Waals surface area contributed by atoms with Crippen molar-refractivity contribution < 1.29 is 9.47 Å². The van der Waals surface area contributed by atoms with Crippen LogP contribution >= 0.6 is 11.3 Å². The van der Waals surface area contributed by atoms with Gasteiger partial charge in [0.15, 0.2) is 11.5 Å². The monoisotopic (exact) mass is 311 g/mol. The molecule has 0 aliphatic heterocycles. The molecule has 0 saturated carbocycles. The van der Waals surface area contributed by atoms with Crippen molar-refractivity contribution in [2.45, 2.75) is 6.92 Å². The van der Waals surface area contributed by atoms with E-state index in [4.69, 9.17) is 9.47 Å². The lowest BCUT2D eigenvalue weighted by Crippen LogP contribution is -1.96. The van der Waals surface area contributed by atoms with E-state index >= 15 is 0 Å². The van der Waals surface area contributed by atoms with Gasteiger partial charge in [0.2, 0.25) is 0 Å². The highest BCUT2D eigenvalue weighted by Crippen LogP contribution is 2.32. The minimum absolute atomic E-state index is 0.612. The molecule has 0 N–H and O–H groups in total. The zero-order valence-corrected chi connectivity index (χ0v) is 13.4. The smallest absolute Gasteiger partial charge is 0.167 e. The van der Waals surface area contributed by atoms with Crippen LogP contribution in [0.3, 0.4) is 0 Å². The number of aromatic nitrogens is 1. The third-order valence-corrected chi connectivity index (χ3v) is 4.23. The van der Waals surface area contributed by atoms with Gasteiger partial charge < -0.3 is 9.47 Å². The maximum atomic E-state index is 5.60. The van der Waals surface area contributed by atoms with Gasteiger partial charge in [-0.2, -0.15) is 0 Å². The number of fused-ring (bicyclic) bond motifs is 1. The summed E-state index contributed by atoms with van der Waals surface area (Å²) in [5.74, 6) is 1.51. The van der Waals surface area contributed by atoms with Crippen molar-refractivity contribution in [2.24, 2.45) is 0 Å². The summed E-state index contributed by atoms with van der Waals surface area (Å²) < 4.78 is 12.3. The van der Waals surface area contributed by atoms with E-state index in [1.165, 1.54) is 4.70 Å². The largest absolute Gasteiger partial charge is 0.492 e. The van der Waals surface area contributed by atoms with Crippen LogP contribution in [0.25, 0.3) is 22.4 Å². The Morgan fingerprint density at radius 2 is 1.95 bits per heavy atom. The van der Waals surface area contributed by atoms with Crippen molar-refractivity contribution in [3.8, 4) is 11.5 Å². The maximum absolute atomic E-state index is 5.60. The van der Waals surface area contributed by atoms with Gasteiger partial charge in [0.05, 0.1) is 23.9 Å². The fourth-order valence-corrected chi connectivity index (χ4v) is 3.14. The average Bonchev–Trinajstić information content (AvgIpc) is 2.96. The Labute approximate surface area is 133 Å². The van der Waals surface area contributed by atoms with Crippen LogP contribution in [0.1, 0.15) is 17.5 Å². The Morgan fingerprint density at radius 3 is 2.73 bits per heavy atom. The molecule has 0 fully saturated rings. The van der Waals surface area contributed by atoms with Crippen LogP contribution in [0, 0.1) is 0 Å². The van der Waals surface area contributed by atoms with Crippen LogP contribution in [0.15, 0.2) is 42.5 Å². The normalized spacial score (nSPS) is 11.2. The van der Waals surface area contributed by atoms with Gasteiger partial charge >= 0.3 is 0 Å². The molecule has 0 radical (unpaired) electrons. The molecule has 0 spiro atoms. The van der Waals surface area contributed by atoms with E-state index in [1.54, 1.807) is 18.4 Å². The number of methoxy groups -OCH3 is 1. The van der Waals surface area contributed by atoms with Crippen LogP contribution in [0.4, 0.5) is 0 Å². The van der Waals surface area contributed by atoms with Gasteiger partial charge in [-0.1, -0.05) is 24.3 Å². The minimum Gasteiger partial charge on any atom is -0.492 e. The average molecular weight is 311 g/mol. The van der Waals surface area contributed by atoms with Gasteiger partial charge in [-0.25, -0.2) is 4.98 Å². The molecule has 0 aliphatic carbocycles. The van der Waals surface area contributed by atoms with Crippen LogP contribution < -0.4 is 9.47 Å². The second-order valence-electron chi connectivity index (χ2n) is 4.66. The lowest BCUT2D eigenvalue weighted by molar-refractivity contribution is 0.310. The van der Waals surface area contributed by atoms with E-state index in [0.717, 1.165) is 27.6 Å². The van der Waals surface area contributed by atoms with E-state index in [9.17, 15) is 0 Å². The maximum Gasteiger partial charge on any atom is 0.167 e. The van der Waals surface area contributed by atoms with Crippen LogP contribution in [-0.4, -0.2) is 18.7 Å². The SMILES string of the molecule is CCOc1cccc(C=Cc2nc3ccccc3s2)c1OC. The molecular formula is C18H17NO2S. The van der Waals surface area contributed by atoms with E-state index in [2.05, 4.69) is 11.1 Å². The molecule has 22 heavy (non-hydrogen) atoms. The summed E-state index contributed by atoms with van der Waals surface area (Å²) in [6, 6.07) is 14.0. The van der Waals surface area contributed by atoms with Gasteiger partial charge in [-0.05, 0) is 37.3 Å². The zero-order valence-electron chi connectivity index (χ0n) is 12.6. The van der Waals surface area contributed by atoms with Crippen LogP contribution in [0.5, 0.6) is 11.5 Å². The molecule has 0 aliphatic rings. The molecule has 112 valence electrons. The number of benzene rings is 2. The van der Waals surface area contributed by atoms with Crippen molar-refractivity contribution in [3.05, 3.63) is 53.0 Å². The number of para-hydroxylation sites is 2. The summed E-state index contributed by atoms with van der Waals surface area (Å²) in [5, 5.41) is 0.977. The highest BCUT2D eigenvalue weighted by atomic mass is 32.1. The Hall–Kier alpha value is -2.33. The van der Waals surface area contributed by atoms with Crippen molar-refractivity contribution >= 4 is 33.7 Å². The third-order valence-electron chi connectivity index (χ3n) is 3.23. The first-order chi connectivity index (χ1) is 10.8. The Bertz CT molecular complexity index is 775. The van der Waals surface area contributed by atoms with E-state index in [0.29, 0.717) is 6.61 Å². The standard InChI is InChI=1S/C18H17NO2S/c1-3-21-15-9-6-7-13(18(15)20-2)11-12-17-19-14-8-4-5-10-16(14)22-17/h4-12H,3H2,1-2H3. The molecule has 0 amide bonds. The van der Waals surface area contributed by atoms with Gasteiger partial charge in [0.1, 0.15) is 5.01 Å². The Balaban J connectivity index is 1.93. The third kappa shape index (κ3) is 2.97. The fraction of sp³-hybridized carbons (Fsp3) is 0.167. The number of thiazole rings is 1. The number of hydrogen-bond donors (Lipinski definition) is 0. The quantitative estimate of drug-likeness (QED) is 0.673. The molecule has 0 atom stereocenters. The molecule has 0 saturated heterocycles. The molecule has 0 unspecified atom stereocenters. The predicted octanol–water partition coefficient (Wildman–Crippen LogP) is 4.87. The van der Waals surface area contributed by atoms with E-state index in [1.807, 2.05) is 55.5 Å². The van der Waals surface area contributed by atoms with Gasteiger partial charge in [0, 0.05) is 5.56 Å². The summed E-state index contributed by atoms with van der Waals surface area (Å²) in [6.07, 6.45) is 4.03. The number of nitrogens with zero attached hydrogens (tertiary/aromatic N) is 1. The predicted molar refractivity (Wildman–Crippen MR) is 92.7 cm³/mol. The highest BCUT2D eigenvalue weighted by molar-refractivity contribution is 7.19. The van der Waals surface area contributed by atoms with Crippen molar-refractivity contribution in [1.29, 1.82) is 0 Å². The topological polar surface area (TPSA) is 31.4 Å². The molecule has 0 bridgehead atoms. The van der Waals surface area contributed by atoms with E-state index in [-0.39, 0.29) is 0 Å². The zero-order chi connectivity index (χ0) is 15.4. The summed E-state index contributed by atoms with van der Waals surface area (Å²) in [5.41, 5.74) is 2.01. The summed E-state index contributed by atoms with van der Waals surface area (Å²) in [7, 11) is 1.66. The van der Waals surface area contributed by atoms with Crippen LogP contribution in [0.2, 0.25) is 0 Å². The summed E-state index contributed by atoms with van der Waals surface area (Å²) >= 11 is 1.67. The lowest BCUT2D eigenvalue weighted by atomic mass is 10.1. The van der Waals surface area contributed by atoms with Crippen molar-refractivity contribution in [3.63, 3.8) is 0 Å². The second-order valence-corrected chi connectivity index (χ2v) is 5.73. The fourth-order valence-electron chi connectivity index (χ4n) is 2.27. The van der Waals surface area contributed by atoms with Crippen molar-refractivity contribution in [2.75, 3.05) is 13.7 Å². The van der Waals surface area contributed by atoms with Crippen molar-refractivity contribution in [1.82, 2.24) is 4.98 Å². The summed E-state index contributed by atoms with van der Waals surface area (Å²) in [4.78, 5) is 4.60. The molecule has 3 rings (SSSR count). The molecule has 3 aromatic rings. The lowest BCUT2D eigenvalue weighted by Gasteiger charge is -2.11. The minimum atomic E-state index is 0.612. The number of rotatable bonds is 5. The summed E-state index contributed by atoms with van der Waals surface area (Å²) in [6.45, 7) is 2.57.